The lowest BCUT2D eigenvalue weighted by Crippen LogP contribution is -2.47. The number of H-pyrrole nitrogens is 1. The highest BCUT2D eigenvalue weighted by molar-refractivity contribution is 7.87. The first-order valence-corrected chi connectivity index (χ1v) is 8.83. The maximum absolute atomic E-state index is 12.4. The normalized spacial score (nSPS) is 20.9. The molecule has 5 nitrogen and oxygen atoms in total. The van der Waals surface area contributed by atoms with Gasteiger partial charge in [0.05, 0.1) is 6.54 Å². The number of para-hydroxylation sites is 1. The van der Waals surface area contributed by atoms with Crippen molar-refractivity contribution in [2.45, 2.75) is 38.8 Å². The molecule has 1 aromatic heterocycles. The lowest BCUT2D eigenvalue weighted by atomic mass is 10.1. The maximum atomic E-state index is 12.4. The van der Waals surface area contributed by atoms with Crippen LogP contribution in [0, 0.1) is 0 Å². The van der Waals surface area contributed by atoms with Crippen LogP contribution in [0.25, 0.3) is 10.9 Å². The van der Waals surface area contributed by atoms with Gasteiger partial charge in [-0.15, -0.1) is 0 Å². The highest BCUT2D eigenvalue weighted by Crippen LogP contribution is 2.20. The summed E-state index contributed by atoms with van der Waals surface area (Å²) in [6, 6.07) is 9.99. The van der Waals surface area contributed by atoms with Crippen molar-refractivity contribution in [3.05, 3.63) is 36.0 Å². The first-order valence-electron chi connectivity index (χ1n) is 7.39. The van der Waals surface area contributed by atoms with Crippen LogP contribution in [-0.2, 0) is 16.8 Å². The number of piperidine rings is 1. The molecule has 2 N–H and O–H groups in total. The van der Waals surface area contributed by atoms with E-state index in [2.05, 4.69) is 9.71 Å². The molecular weight excluding hydrogens is 286 g/mol. The van der Waals surface area contributed by atoms with Crippen molar-refractivity contribution in [1.29, 1.82) is 0 Å². The Morgan fingerprint density at radius 2 is 2.14 bits per heavy atom. The Labute approximate surface area is 125 Å². The number of fused-ring (bicyclic) bond motifs is 1. The van der Waals surface area contributed by atoms with Gasteiger partial charge in [0, 0.05) is 23.8 Å². The summed E-state index contributed by atoms with van der Waals surface area (Å²) in [6.45, 7) is 2.88. The van der Waals surface area contributed by atoms with Gasteiger partial charge in [0.1, 0.15) is 0 Å². The van der Waals surface area contributed by atoms with Crippen LogP contribution in [0.5, 0.6) is 0 Å². The van der Waals surface area contributed by atoms with Gasteiger partial charge in [-0.05, 0) is 37.3 Å². The van der Waals surface area contributed by atoms with Gasteiger partial charge in [0.25, 0.3) is 10.2 Å². The third kappa shape index (κ3) is 3.12. The molecule has 0 aliphatic carbocycles. The molecule has 0 saturated carbocycles. The summed E-state index contributed by atoms with van der Waals surface area (Å²) >= 11 is 0. The SMILES string of the molecule is C[C@@H]1CCCCN1S(=O)(=O)NCc1cc2ccccc2[nH]1. The summed E-state index contributed by atoms with van der Waals surface area (Å²) < 4.78 is 29.1. The molecule has 1 fully saturated rings. The van der Waals surface area contributed by atoms with Crippen molar-refractivity contribution < 1.29 is 8.42 Å². The molecule has 1 aliphatic rings. The van der Waals surface area contributed by atoms with Gasteiger partial charge >= 0.3 is 0 Å². The minimum absolute atomic E-state index is 0.0824. The summed E-state index contributed by atoms with van der Waals surface area (Å²) in [4.78, 5) is 3.24. The Kier molecular flexibility index (Phi) is 4.01. The van der Waals surface area contributed by atoms with Crippen molar-refractivity contribution in [2.24, 2.45) is 0 Å². The van der Waals surface area contributed by atoms with Crippen molar-refractivity contribution in [2.75, 3.05) is 6.54 Å². The predicted octanol–water partition coefficient (Wildman–Crippen LogP) is 2.38. The molecule has 0 amide bonds. The van der Waals surface area contributed by atoms with Crippen molar-refractivity contribution in [1.82, 2.24) is 14.0 Å². The summed E-state index contributed by atoms with van der Waals surface area (Å²) in [7, 11) is -3.40. The van der Waals surface area contributed by atoms with Crippen LogP contribution in [0.15, 0.2) is 30.3 Å². The second kappa shape index (κ2) is 5.79. The number of hydrogen-bond donors (Lipinski definition) is 2. The fourth-order valence-corrected chi connectivity index (χ4v) is 4.36. The molecule has 2 aromatic rings. The van der Waals surface area contributed by atoms with Crippen LogP contribution in [0.2, 0.25) is 0 Å². The molecule has 1 aromatic carbocycles. The molecule has 1 aliphatic heterocycles. The third-order valence-electron chi connectivity index (χ3n) is 4.08. The number of aromatic nitrogens is 1. The molecule has 21 heavy (non-hydrogen) atoms. The van der Waals surface area contributed by atoms with Gasteiger partial charge in [0.15, 0.2) is 0 Å². The molecule has 0 bridgehead atoms. The van der Waals surface area contributed by atoms with E-state index >= 15 is 0 Å². The van der Waals surface area contributed by atoms with Crippen LogP contribution in [0.3, 0.4) is 0 Å². The number of hydrogen-bond acceptors (Lipinski definition) is 2. The number of nitrogens with zero attached hydrogens (tertiary/aromatic N) is 1. The van der Waals surface area contributed by atoms with E-state index in [-0.39, 0.29) is 6.04 Å². The van der Waals surface area contributed by atoms with E-state index < -0.39 is 10.2 Å². The van der Waals surface area contributed by atoms with Gasteiger partial charge in [-0.25, -0.2) is 0 Å². The molecule has 6 heteroatoms. The molecular formula is C15H21N3O2S. The second-order valence-corrected chi connectivity index (χ2v) is 7.37. The molecule has 3 rings (SSSR count). The summed E-state index contributed by atoms with van der Waals surface area (Å²) in [5, 5.41) is 1.10. The van der Waals surface area contributed by atoms with Gasteiger partial charge in [-0.2, -0.15) is 17.4 Å². The monoisotopic (exact) mass is 307 g/mol. The number of benzene rings is 1. The zero-order valence-electron chi connectivity index (χ0n) is 12.2. The Balaban J connectivity index is 1.71. The summed E-state index contributed by atoms with van der Waals surface area (Å²) in [5.74, 6) is 0. The Bertz CT molecular complexity index is 690. The average Bonchev–Trinajstić information content (AvgIpc) is 2.88. The van der Waals surface area contributed by atoms with Gasteiger partial charge < -0.3 is 4.98 Å². The number of nitrogens with one attached hydrogen (secondary N) is 2. The van der Waals surface area contributed by atoms with Gasteiger partial charge in [-0.1, -0.05) is 24.6 Å². The first-order chi connectivity index (χ1) is 10.1. The average molecular weight is 307 g/mol. The lowest BCUT2D eigenvalue weighted by molar-refractivity contribution is 0.265. The second-order valence-electron chi connectivity index (χ2n) is 5.66. The van der Waals surface area contributed by atoms with E-state index in [0.29, 0.717) is 13.1 Å². The van der Waals surface area contributed by atoms with E-state index in [4.69, 9.17) is 0 Å². The standard InChI is InChI=1S/C15H21N3O2S/c1-12-6-4-5-9-18(12)21(19,20)16-11-14-10-13-7-2-3-8-15(13)17-14/h2-3,7-8,10,12,16-17H,4-6,9,11H2,1H3/t12-/m1/s1. The topological polar surface area (TPSA) is 65.2 Å². The smallest absolute Gasteiger partial charge is 0.280 e. The van der Waals surface area contributed by atoms with Crippen LogP contribution in [-0.4, -0.2) is 30.3 Å². The van der Waals surface area contributed by atoms with E-state index in [9.17, 15) is 8.42 Å². The Morgan fingerprint density at radius 3 is 2.90 bits per heavy atom. The fourth-order valence-electron chi connectivity index (χ4n) is 2.91. The lowest BCUT2D eigenvalue weighted by Gasteiger charge is -2.32. The highest BCUT2D eigenvalue weighted by atomic mass is 32.2. The van der Waals surface area contributed by atoms with E-state index in [1.807, 2.05) is 37.3 Å². The Morgan fingerprint density at radius 1 is 1.33 bits per heavy atom. The fraction of sp³-hybridized carbons (Fsp3) is 0.467. The van der Waals surface area contributed by atoms with Crippen molar-refractivity contribution >= 4 is 21.1 Å². The van der Waals surface area contributed by atoms with Crippen LogP contribution >= 0.6 is 0 Å². The summed E-state index contributed by atoms with van der Waals surface area (Å²) in [6.07, 6.45) is 2.99. The molecule has 1 saturated heterocycles. The molecule has 114 valence electrons. The first kappa shape index (κ1) is 14.6. The molecule has 1 atom stereocenters. The summed E-state index contributed by atoms with van der Waals surface area (Å²) in [5.41, 5.74) is 1.91. The van der Waals surface area contributed by atoms with E-state index in [1.165, 1.54) is 0 Å². The van der Waals surface area contributed by atoms with Crippen LogP contribution in [0.1, 0.15) is 31.9 Å². The number of aromatic amines is 1. The minimum Gasteiger partial charge on any atom is -0.357 e. The van der Waals surface area contributed by atoms with Crippen LogP contribution in [0.4, 0.5) is 0 Å². The quantitative estimate of drug-likeness (QED) is 0.911. The maximum Gasteiger partial charge on any atom is 0.280 e. The van der Waals surface area contributed by atoms with Crippen molar-refractivity contribution in [3.8, 4) is 0 Å². The van der Waals surface area contributed by atoms with Gasteiger partial charge in [-0.3, -0.25) is 0 Å². The molecule has 0 radical (unpaired) electrons. The van der Waals surface area contributed by atoms with Gasteiger partial charge in [0.2, 0.25) is 0 Å². The zero-order valence-corrected chi connectivity index (χ0v) is 13.0. The highest BCUT2D eigenvalue weighted by Gasteiger charge is 2.29. The van der Waals surface area contributed by atoms with Crippen LogP contribution < -0.4 is 4.72 Å². The van der Waals surface area contributed by atoms with Crippen molar-refractivity contribution in [3.63, 3.8) is 0 Å². The molecule has 0 spiro atoms. The zero-order chi connectivity index (χ0) is 14.9. The van der Waals surface area contributed by atoms with E-state index in [1.54, 1.807) is 4.31 Å². The Hall–Kier alpha value is -1.37. The minimum atomic E-state index is -3.40. The molecule has 2 heterocycles. The largest absolute Gasteiger partial charge is 0.357 e. The van der Waals surface area contributed by atoms with E-state index in [0.717, 1.165) is 35.9 Å². The predicted molar refractivity (Wildman–Crippen MR) is 84.1 cm³/mol. The number of rotatable bonds is 4. The molecule has 0 unspecified atom stereocenters. The third-order valence-corrected chi connectivity index (χ3v) is 5.75.